The SMILES string of the molecule is CC(=O)/C(C#N)=C\c1ccc(N(C)C)cc1. The smallest absolute Gasteiger partial charge is 0.170 e. The van der Waals surface area contributed by atoms with E-state index in [1.807, 2.05) is 49.3 Å². The topological polar surface area (TPSA) is 44.1 Å². The fourth-order valence-electron chi connectivity index (χ4n) is 1.25. The molecule has 1 aromatic carbocycles. The fraction of sp³-hybridized carbons (Fsp3) is 0.231. The number of hydrogen-bond acceptors (Lipinski definition) is 3. The summed E-state index contributed by atoms with van der Waals surface area (Å²) in [7, 11) is 3.92. The molecule has 3 heteroatoms. The lowest BCUT2D eigenvalue weighted by atomic mass is 10.1. The van der Waals surface area contributed by atoms with Gasteiger partial charge in [-0.15, -0.1) is 0 Å². The maximum atomic E-state index is 11.1. The van der Waals surface area contributed by atoms with Crippen LogP contribution < -0.4 is 4.90 Å². The van der Waals surface area contributed by atoms with Gasteiger partial charge in [-0.05, 0) is 30.7 Å². The zero-order chi connectivity index (χ0) is 12.1. The first-order valence-electron chi connectivity index (χ1n) is 4.94. The second kappa shape index (κ2) is 5.13. The molecule has 0 N–H and O–H groups in total. The van der Waals surface area contributed by atoms with Gasteiger partial charge in [0.2, 0.25) is 0 Å². The molecule has 0 atom stereocenters. The molecular weight excluding hydrogens is 200 g/mol. The van der Waals surface area contributed by atoms with Gasteiger partial charge >= 0.3 is 0 Å². The summed E-state index contributed by atoms with van der Waals surface area (Å²) in [5.41, 5.74) is 2.12. The van der Waals surface area contributed by atoms with Crippen molar-refractivity contribution < 1.29 is 4.79 Å². The van der Waals surface area contributed by atoms with Crippen LogP contribution in [-0.2, 0) is 4.79 Å². The Labute approximate surface area is 95.6 Å². The van der Waals surface area contributed by atoms with Gasteiger partial charge in [0.1, 0.15) is 6.07 Å². The van der Waals surface area contributed by atoms with Gasteiger partial charge in [0, 0.05) is 19.8 Å². The molecule has 3 nitrogen and oxygen atoms in total. The zero-order valence-electron chi connectivity index (χ0n) is 9.69. The summed E-state index contributed by atoms with van der Waals surface area (Å²) in [5.74, 6) is -0.209. The van der Waals surface area contributed by atoms with Gasteiger partial charge in [-0.3, -0.25) is 4.79 Å². The predicted molar refractivity (Wildman–Crippen MR) is 65.0 cm³/mol. The molecule has 0 radical (unpaired) electrons. The highest BCUT2D eigenvalue weighted by Crippen LogP contribution is 2.14. The molecule has 0 saturated heterocycles. The minimum absolute atomic E-state index is 0.178. The Kier molecular flexibility index (Phi) is 3.84. The molecule has 1 aromatic rings. The molecular formula is C13H14N2O. The third-order valence-electron chi connectivity index (χ3n) is 2.22. The van der Waals surface area contributed by atoms with E-state index in [9.17, 15) is 4.79 Å². The van der Waals surface area contributed by atoms with Crippen molar-refractivity contribution >= 4 is 17.5 Å². The first kappa shape index (κ1) is 12.0. The van der Waals surface area contributed by atoms with E-state index in [1.54, 1.807) is 6.08 Å². The number of nitriles is 1. The van der Waals surface area contributed by atoms with Crippen molar-refractivity contribution in [1.29, 1.82) is 5.26 Å². The Bertz CT molecular complexity index is 450. The number of Topliss-reactive ketones (excluding diaryl/α,β-unsaturated/α-hetero) is 1. The van der Waals surface area contributed by atoms with Gasteiger partial charge in [-0.2, -0.15) is 5.26 Å². The molecule has 0 aromatic heterocycles. The number of nitrogens with zero attached hydrogens (tertiary/aromatic N) is 2. The zero-order valence-corrected chi connectivity index (χ0v) is 9.69. The maximum Gasteiger partial charge on any atom is 0.170 e. The molecule has 0 unspecified atom stereocenters. The van der Waals surface area contributed by atoms with E-state index in [0.29, 0.717) is 0 Å². The van der Waals surface area contributed by atoms with Crippen molar-refractivity contribution in [3.63, 3.8) is 0 Å². The Morgan fingerprint density at radius 3 is 2.25 bits per heavy atom. The van der Waals surface area contributed by atoms with Gasteiger partial charge < -0.3 is 4.90 Å². The summed E-state index contributed by atoms with van der Waals surface area (Å²) in [5, 5.41) is 8.75. The molecule has 0 heterocycles. The Morgan fingerprint density at radius 2 is 1.88 bits per heavy atom. The van der Waals surface area contributed by atoms with Crippen LogP contribution in [0.2, 0.25) is 0 Å². The molecule has 0 spiro atoms. The number of hydrogen-bond donors (Lipinski definition) is 0. The largest absolute Gasteiger partial charge is 0.378 e. The van der Waals surface area contributed by atoms with Crippen LogP contribution in [0.25, 0.3) is 6.08 Å². The van der Waals surface area contributed by atoms with Gasteiger partial charge in [0.05, 0.1) is 5.57 Å². The van der Waals surface area contributed by atoms with E-state index in [1.165, 1.54) is 6.92 Å². The summed E-state index contributed by atoms with van der Waals surface area (Å²) in [4.78, 5) is 13.0. The molecule has 0 aliphatic carbocycles. The molecule has 16 heavy (non-hydrogen) atoms. The van der Waals surface area contributed by atoms with E-state index in [2.05, 4.69) is 0 Å². The maximum absolute atomic E-state index is 11.1. The normalized spacial score (nSPS) is 10.8. The molecule has 0 aliphatic heterocycles. The second-order valence-electron chi connectivity index (χ2n) is 3.71. The van der Waals surface area contributed by atoms with Crippen LogP contribution in [0.5, 0.6) is 0 Å². The highest BCUT2D eigenvalue weighted by atomic mass is 16.1. The van der Waals surface area contributed by atoms with Crippen molar-refractivity contribution in [1.82, 2.24) is 0 Å². The van der Waals surface area contributed by atoms with Crippen molar-refractivity contribution in [2.75, 3.05) is 19.0 Å². The third kappa shape index (κ3) is 2.96. The molecule has 0 saturated carbocycles. The first-order chi connectivity index (χ1) is 7.54. The highest BCUT2D eigenvalue weighted by molar-refractivity contribution is 6.01. The molecule has 0 amide bonds. The molecule has 1 rings (SSSR count). The Morgan fingerprint density at radius 1 is 1.31 bits per heavy atom. The van der Waals surface area contributed by atoms with Gasteiger partial charge in [0.15, 0.2) is 5.78 Å². The van der Waals surface area contributed by atoms with E-state index >= 15 is 0 Å². The monoisotopic (exact) mass is 214 g/mol. The third-order valence-corrected chi connectivity index (χ3v) is 2.22. The van der Waals surface area contributed by atoms with Crippen LogP contribution >= 0.6 is 0 Å². The van der Waals surface area contributed by atoms with Crippen LogP contribution in [0.3, 0.4) is 0 Å². The summed E-state index contributed by atoms with van der Waals surface area (Å²) in [6, 6.07) is 9.55. The minimum Gasteiger partial charge on any atom is -0.378 e. The van der Waals surface area contributed by atoms with E-state index in [0.717, 1.165) is 11.3 Å². The van der Waals surface area contributed by atoms with Crippen LogP contribution in [0.4, 0.5) is 5.69 Å². The lowest BCUT2D eigenvalue weighted by molar-refractivity contribution is -0.113. The summed E-state index contributed by atoms with van der Waals surface area (Å²) < 4.78 is 0. The predicted octanol–water partition coefficient (Wildman–Crippen LogP) is 2.25. The van der Waals surface area contributed by atoms with Gasteiger partial charge in [-0.1, -0.05) is 12.1 Å². The van der Waals surface area contributed by atoms with Crippen molar-refractivity contribution in [3.05, 3.63) is 35.4 Å². The number of allylic oxidation sites excluding steroid dienone is 1. The molecule has 82 valence electrons. The van der Waals surface area contributed by atoms with Gasteiger partial charge in [0.25, 0.3) is 0 Å². The van der Waals surface area contributed by atoms with E-state index in [-0.39, 0.29) is 11.4 Å². The molecule has 0 aliphatic rings. The van der Waals surface area contributed by atoms with Crippen molar-refractivity contribution in [3.8, 4) is 6.07 Å². The van der Waals surface area contributed by atoms with Crippen LogP contribution in [0.1, 0.15) is 12.5 Å². The number of ketones is 1. The highest BCUT2D eigenvalue weighted by Gasteiger charge is 2.02. The Balaban J connectivity index is 3.00. The van der Waals surface area contributed by atoms with Crippen LogP contribution in [-0.4, -0.2) is 19.9 Å². The Hall–Kier alpha value is -2.08. The number of carbonyl (C=O) groups excluding carboxylic acids is 1. The standard InChI is InChI=1S/C13H14N2O/c1-10(16)12(9-14)8-11-4-6-13(7-5-11)15(2)3/h4-8H,1-3H3/b12-8-. The molecule has 0 fully saturated rings. The average molecular weight is 214 g/mol. The van der Waals surface area contributed by atoms with E-state index < -0.39 is 0 Å². The minimum atomic E-state index is -0.209. The van der Waals surface area contributed by atoms with E-state index in [4.69, 9.17) is 5.26 Å². The van der Waals surface area contributed by atoms with Crippen molar-refractivity contribution in [2.24, 2.45) is 0 Å². The number of carbonyl (C=O) groups is 1. The number of anilines is 1. The molecule has 0 bridgehead atoms. The fourth-order valence-corrected chi connectivity index (χ4v) is 1.25. The quantitative estimate of drug-likeness (QED) is 0.572. The summed E-state index contributed by atoms with van der Waals surface area (Å²) in [6.07, 6.45) is 1.60. The average Bonchev–Trinajstić information content (AvgIpc) is 2.26. The lowest BCUT2D eigenvalue weighted by Gasteiger charge is -2.11. The first-order valence-corrected chi connectivity index (χ1v) is 4.94. The second-order valence-corrected chi connectivity index (χ2v) is 3.71. The summed E-state index contributed by atoms with van der Waals surface area (Å²) in [6.45, 7) is 1.39. The van der Waals surface area contributed by atoms with Gasteiger partial charge in [-0.25, -0.2) is 0 Å². The van der Waals surface area contributed by atoms with Crippen molar-refractivity contribution in [2.45, 2.75) is 6.92 Å². The number of rotatable bonds is 3. The lowest BCUT2D eigenvalue weighted by Crippen LogP contribution is -2.07. The summed E-state index contributed by atoms with van der Waals surface area (Å²) >= 11 is 0. The van der Waals surface area contributed by atoms with Crippen LogP contribution in [0.15, 0.2) is 29.8 Å². The van der Waals surface area contributed by atoms with Crippen LogP contribution in [0, 0.1) is 11.3 Å². The number of benzene rings is 1.